The zero-order valence-corrected chi connectivity index (χ0v) is 13.5. The van der Waals surface area contributed by atoms with Crippen LogP contribution in [0.1, 0.15) is 18.9 Å². The Morgan fingerprint density at radius 3 is 2.90 bits per heavy atom. The third-order valence-corrected chi connectivity index (χ3v) is 3.45. The lowest BCUT2D eigenvalue weighted by Gasteiger charge is -2.09. The smallest absolute Gasteiger partial charge is 0.219 e. The fourth-order valence-electron chi connectivity index (χ4n) is 1.70. The maximum Gasteiger partial charge on any atom is 0.219 e. The zero-order valence-electron chi connectivity index (χ0n) is 11.2. The number of nitrogens with zero attached hydrogens (tertiary/aromatic N) is 1. The summed E-state index contributed by atoms with van der Waals surface area (Å²) in [5.41, 5.74) is 1.14. The molecule has 0 unspecified atom stereocenters. The van der Waals surface area contributed by atoms with E-state index in [0.29, 0.717) is 16.7 Å². The molecular weight excluding hydrogens is 340 g/mol. The molecule has 0 saturated heterocycles. The maximum absolute atomic E-state index is 6.13. The number of pyridine rings is 1. The van der Waals surface area contributed by atoms with Crippen molar-refractivity contribution >= 4 is 27.5 Å². The van der Waals surface area contributed by atoms with E-state index < -0.39 is 0 Å². The number of halogens is 2. The average molecular weight is 356 g/mol. The second-order valence-corrected chi connectivity index (χ2v) is 5.68. The molecule has 2 aromatic rings. The lowest BCUT2D eigenvalue weighted by molar-refractivity contribution is 0.462. The van der Waals surface area contributed by atoms with Crippen molar-refractivity contribution in [2.45, 2.75) is 19.9 Å². The molecule has 1 aromatic heterocycles. The molecule has 0 amide bonds. The molecule has 0 spiro atoms. The highest BCUT2D eigenvalue weighted by Crippen LogP contribution is 2.31. The van der Waals surface area contributed by atoms with E-state index in [1.807, 2.05) is 24.3 Å². The Morgan fingerprint density at radius 1 is 1.30 bits per heavy atom. The molecule has 1 aromatic carbocycles. The van der Waals surface area contributed by atoms with Gasteiger partial charge in [0.25, 0.3) is 0 Å². The third-order valence-electron chi connectivity index (χ3n) is 2.66. The molecule has 20 heavy (non-hydrogen) atoms. The molecule has 0 atom stereocenters. The Bertz CT molecular complexity index is 578. The molecule has 0 saturated carbocycles. The summed E-state index contributed by atoms with van der Waals surface area (Å²) in [6.07, 6.45) is 2.86. The van der Waals surface area contributed by atoms with Gasteiger partial charge in [-0.15, -0.1) is 0 Å². The van der Waals surface area contributed by atoms with Crippen LogP contribution in [0.15, 0.2) is 41.0 Å². The Hall–Kier alpha value is -1.10. The molecule has 2 rings (SSSR count). The fraction of sp³-hybridized carbons (Fsp3) is 0.267. The molecule has 0 radical (unpaired) electrons. The molecule has 3 nitrogen and oxygen atoms in total. The molecule has 5 heteroatoms. The Labute approximate surface area is 132 Å². The summed E-state index contributed by atoms with van der Waals surface area (Å²) >= 11 is 9.49. The number of aromatic nitrogens is 1. The van der Waals surface area contributed by atoms with Crippen LogP contribution < -0.4 is 10.1 Å². The van der Waals surface area contributed by atoms with E-state index in [9.17, 15) is 0 Å². The predicted molar refractivity (Wildman–Crippen MR) is 85.5 cm³/mol. The first-order chi connectivity index (χ1) is 9.69. The van der Waals surface area contributed by atoms with Gasteiger partial charge in [-0.05, 0) is 42.8 Å². The van der Waals surface area contributed by atoms with Gasteiger partial charge in [0.1, 0.15) is 5.75 Å². The van der Waals surface area contributed by atoms with Crippen molar-refractivity contribution in [3.8, 4) is 11.6 Å². The molecular formula is C15H16BrClN2O. The first-order valence-electron chi connectivity index (χ1n) is 6.47. The van der Waals surface area contributed by atoms with Crippen molar-refractivity contribution in [2.24, 2.45) is 0 Å². The van der Waals surface area contributed by atoms with Crippen LogP contribution in [0.4, 0.5) is 0 Å². The average Bonchev–Trinajstić information content (AvgIpc) is 2.43. The minimum Gasteiger partial charge on any atom is -0.437 e. The van der Waals surface area contributed by atoms with Gasteiger partial charge in [0.05, 0.1) is 5.02 Å². The molecule has 0 aliphatic rings. The van der Waals surface area contributed by atoms with E-state index in [1.54, 1.807) is 12.3 Å². The van der Waals surface area contributed by atoms with Crippen LogP contribution in [-0.4, -0.2) is 11.5 Å². The van der Waals surface area contributed by atoms with Gasteiger partial charge >= 0.3 is 0 Å². The van der Waals surface area contributed by atoms with Crippen LogP contribution >= 0.6 is 27.5 Å². The van der Waals surface area contributed by atoms with E-state index in [-0.39, 0.29) is 0 Å². The van der Waals surface area contributed by atoms with Crippen LogP contribution in [0.5, 0.6) is 11.6 Å². The Kier molecular flexibility index (Phi) is 5.83. The minimum absolute atomic E-state index is 0.546. The topological polar surface area (TPSA) is 34.2 Å². The SMILES string of the molecule is CCCNCc1ccnc(Oc2ccc(Br)cc2Cl)c1. The van der Waals surface area contributed by atoms with E-state index in [4.69, 9.17) is 16.3 Å². The van der Waals surface area contributed by atoms with Crippen LogP contribution in [0.25, 0.3) is 0 Å². The summed E-state index contributed by atoms with van der Waals surface area (Å²) < 4.78 is 6.64. The lowest BCUT2D eigenvalue weighted by Crippen LogP contribution is -2.13. The number of hydrogen-bond acceptors (Lipinski definition) is 3. The Morgan fingerprint density at radius 2 is 2.15 bits per heavy atom. The summed E-state index contributed by atoms with van der Waals surface area (Å²) in [5, 5.41) is 3.90. The van der Waals surface area contributed by atoms with Crippen LogP contribution in [-0.2, 0) is 6.54 Å². The largest absolute Gasteiger partial charge is 0.437 e. The summed E-state index contributed by atoms with van der Waals surface area (Å²) in [7, 11) is 0. The first kappa shape index (κ1) is 15.3. The lowest BCUT2D eigenvalue weighted by atomic mass is 10.2. The second kappa shape index (κ2) is 7.62. The number of benzene rings is 1. The highest BCUT2D eigenvalue weighted by molar-refractivity contribution is 9.10. The minimum atomic E-state index is 0.546. The summed E-state index contributed by atoms with van der Waals surface area (Å²) in [4.78, 5) is 4.21. The van der Waals surface area contributed by atoms with Crippen molar-refractivity contribution < 1.29 is 4.74 Å². The molecule has 0 fully saturated rings. The second-order valence-electron chi connectivity index (χ2n) is 4.36. The van der Waals surface area contributed by atoms with Crippen LogP contribution in [0.3, 0.4) is 0 Å². The summed E-state index contributed by atoms with van der Waals surface area (Å²) in [6, 6.07) is 9.38. The molecule has 1 heterocycles. The monoisotopic (exact) mass is 354 g/mol. The highest BCUT2D eigenvalue weighted by atomic mass is 79.9. The van der Waals surface area contributed by atoms with Crippen LogP contribution in [0.2, 0.25) is 5.02 Å². The molecule has 0 aliphatic heterocycles. The van der Waals surface area contributed by atoms with Gasteiger partial charge < -0.3 is 10.1 Å². The Balaban J connectivity index is 2.07. The number of hydrogen-bond donors (Lipinski definition) is 1. The number of nitrogens with one attached hydrogen (secondary N) is 1. The summed E-state index contributed by atoms with van der Waals surface area (Å²) in [6.45, 7) is 3.95. The highest BCUT2D eigenvalue weighted by Gasteiger charge is 2.05. The normalized spacial score (nSPS) is 10.6. The van der Waals surface area contributed by atoms with Crippen molar-refractivity contribution in [1.29, 1.82) is 0 Å². The predicted octanol–water partition coefficient (Wildman–Crippen LogP) is 4.79. The van der Waals surface area contributed by atoms with Crippen molar-refractivity contribution in [3.63, 3.8) is 0 Å². The van der Waals surface area contributed by atoms with E-state index in [0.717, 1.165) is 29.5 Å². The van der Waals surface area contributed by atoms with E-state index >= 15 is 0 Å². The van der Waals surface area contributed by atoms with Gasteiger partial charge in [0.15, 0.2) is 0 Å². The van der Waals surface area contributed by atoms with Gasteiger partial charge in [-0.1, -0.05) is 34.5 Å². The number of rotatable bonds is 6. The number of ether oxygens (including phenoxy) is 1. The molecule has 106 valence electrons. The van der Waals surface area contributed by atoms with Crippen molar-refractivity contribution in [2.75, 3.05) is 6.54 Å². The first-order valence-corrected chi connectivity index (χ1v) is 7.64. The van der Waals surface area contributed by atoms with E-state index in [2.05, 4.69) is 33.2 Å². The molecule has 0 aliphatic carbocycles. The maximum atomic E-state index is 6.13. The van der Waals surface area contributed by atoms with Gasteiger partial charge in [0, 0.05) is 23.3 Å². The summed E-state index contributed by atoms with van der Waals surface area (Å²) in [5.74, 6) is 1.14. The fourth-order valence-corrected chi connectivity index (χ4v) is 2.41. The van der Waals surface area contributed by atoms with Crippen LogP contribution in [0, 0.1) is 0 Å². The van der Waals surface area contributed by atoms with Gasteiger partial charge in [0.2, 0.25) is 5.88 Å². The third kappa shape index (κ3) is 4.47. The quantitative estimate of drug-likeness (QED) is 0.757. The van der Waals surface area contributed by atoms with Crippen molar-refractivity contribution in [1.82, 2.24) is 10.3 Å². The molecule has 0 bridgehead atoms. The van der Waals surface area contributed by atoms with E-state index in [1.165, 1.54) is 0 Å². The van der Waals surface area contributed by atoms with Gasteiger partial charge in [-0.2, -0.15) is 0 Å². The van der Waals surface area contributed by atoms with Gasteiger partial charge in [-0.3, -0.25) is 0 Å². The standard InChI is InChI=1S/C15H16BrClN2O/c1-2-6-18-10-11-5-7-19-15(8-11)20-14-4-3-12(16)9-13(14)17/h3-5,7-9,18H,2,6,10H2,1H3. The zero-order chi connectivity index (χ0) is 14.4. The molecule has 1 N–H and O–H groups in total. The van der Waals surface area contributed by atoms with Gasteiger partial charge in [-0.25, -0.2) is 4.98 Å². The van der Waals surface area contributed by atoms with Crippen molar-refractivity contribution in [3.05, 3.63) is 51.6 Å².